The number of hydrogen-bond acceptors (Lipinski definition) is 13. The molecule has 0 amide bonds. The van der Waals surface area contributed by atoms with E-state index in [1.807, 2.05) is 6.92 Å². The standard InChI is InChI=1S/C16H14ClF3N2O4.C9H13ClN6.C5H12NO4P/c1-8(2)26-14(24)10-6-9(4-5-11(10)17)22-13(23)7-12(16(18,19)20)21(3)15(22)25;1-4-12-7-13-6(10)14-8(15-7)16-9(2,3)5-11;1-11(9,10)3-2-4(6)5(7)8/h4-8H,1-3H3;4H2,1-3H3,(H2,12,13,14,15,16);4H,2-3,6H2,1H3,(H,7,8)(H,9,10). The summed E-state index contributed by atoms with van der Waals surface area (Å²) in [6.45, 7) is 10.5. The Morgan fingerprint density at radius 3 is 2.21 bits per heavy atom. The molecule has 0 aliphatic rings. The van der Waals surface area contributed by atoms with Gasteiger partial charge < -0.3 is 31.1 Å². The Kier molecular flexibility index (Phi) is 17.1. The zero-order valence-corrected chi connectivity index (χ0v) is 31.9. The van der Waals surface area contributed by atoms with Crippen LogP contribution >= 0.6 is 30.6 Å². The summed E-state index contributed by atoms with van der Waals surface area (Å²) in [6, 6.07) is 4.96. The number of carbonyl (C=O) groups is 2. The van der Waals surface area contributed by atoms with Crippen LogP contribution in [0, 0.1) is 11.3 Å². The number of esters is 1. The Hall–Kier alpha value is -4.54. The van der Waals surface area contributed by atoms with Crippen LogP contribution in [0.3, 0.4) is 0 Å². The molecule has 0 radical (unpaired) electrons. The first-order valence-electron chi connectivity index (χ1n) is 15.3. The van der Waals surface area contributed by atoms with Crippen LogP contribution in [0.2, 0.25) is 10.3 Å². The maximum absolute atomic E-state index is 12.9. The molecule has 6 N–H and O–H groups in total. The van der Waals surface area contributed by atoms with Gasteiger partial charge in [0.15, 0.2) is 7.37 Å². The average molecular weight is 813 g/mol. The molecule has 2 heterocycles. The van der Waals surface area contributed by atoms with Crippen molar-refractivity contribution in [3.05, 3.63) is 66.7 Å². The third-order valence-electron chi connectivity index (χ3n) is 6.20. The second-order valence-corrected chi connectivity index (χ2v) is 15.1. The van der Waals surface area contributed by atoms with Gasteiger partial charge in [-0.3, -0.25) is 18.7 Å². The largest absolute Gasteiger partial charge is 0.480 e. The van der Waals surface area contributed by atoms with Gasteiger partial charge in [0.2, 0.25) is 17.2 Å². The summed E-state index contributed by atoms with van der Waals surface area (Å²) in [5, 5.41) is 23.0. The molecule has 23 heteroatoms. The van der Waals surface area contributed by atoms with Gasteiger partial charge >= 0.3 is 23.8 Å². The molecule has 2 atom stereocenters. The van der Waals surface area contributed by atoms with Crippen LogP contribution in [-0.4, -0.2) is 83.1 Å². The van der Waals surface area contributed by atoms with Crippen molar-refractivity contribution in [2.24, 2.45) is 12.8 Å². The Morgan fingerprint density at radius 1 is 1.13 bits per heavy atom. The van der Waals surface area contributed by atoms with Crippen molar-refractivity contribution < 1.29 is 42.1 Å². The summed E-state index contributed by atoms with van der Waals surface area (Å²) >= 11 is 11.7. The van der Waals surface area contributed by atoms with E-state index in [4.69, 9.17) is 48.9 Å². The van der Waals surface area contributed by atoms with E-state index in [1.54, 1.807) is 27.7 Å². The highest BCUT2D eigenvalue weighted by molar-refractivity contribution is 7.57. The number of aromatic nitrogens is 5. The second kappa shape index (κ2) is 19.5. The lowest BCUT2D eigenvalue weighted by atomic mass is 10.1. The van der Waals surface area contributed by atoms with Gasteiger partial charge in [0, 0.05) is 32.5 Å². The zero-order chi connectivity index (χ0) is 41.1. The summed E-state index contributed by atoms with van der Waals surface area (Å²) < 4.78 is 55.2. The molecule has 0 aliphatic carbocycles. The van der Waals surface area contributed by atoms with Gasteiger partial charge in [0.25, 0.3) is 5.56 Å². The van der Waals surface area contributed by atoms with Crippen LogP contribution in [0.1, 0.15) is 57.1 Å². The first-order valence-corrected chi connectivity index (χ1v) is 18.3. The van der Waals surface area contributed by atoms with E-state index in [9.17, 15) is 36.9 Å². The highest BCUT2D eigenvalue weighted by atomic mass is 35.5. The molecule has 3 rings (SSSR count). The van der Waals surface area contributed by atoms with E-state index in [0.717, 1.165) is 13.1 Å². The number of rotatable bonds is 11. The molecule has 3 aromatic rings. The van der Waals surface area contributed by atoms with E-state index in [1.165, 1.54) is 18.8 Å². The van der Waals surface area contributed by atoms with Crippen LogP contribution in [0.5, 0.6) is 0 Å². The normalized spacial score (nSPS) is 12.9. The van der Waals surface area contributed by atoms with Crippen molar-refractivity contribution >= 4 is 54.4 Å². The van der Waals surface area contributed by atoms with Crippen LogP contribution in [0.25, 0.3) is 5.69 Å². The maximum Gasteiger partial charge on any atom is 0.431 e. The monoisotopic (exact) mass is 811 g/mol. The predicted molar refractivity (Wildman–Crippen MR) is 191 cm³/mol. The average Bonchev–Trinajstić information content (AvgIpc) is 3.01. The molecule has 17 nitrogen and oxygen atoms in total. The van der Waals surface area contributed by atoms with Gasteiger partial charge in [-0.2, -0.15) is 33.4 Å². The van der Waals surface area contributed by atoms with Gasteiger partial charge in [-0.1, -0.05) is 11.6 Å². The highest BCUT2D eigenvalue weighted by Gasteiger charge is 2.35. The van der Waals surface area contributed by atoms with E-state index >= 15 is 0 Å². The molecule has 1 aromatic carbocycles. The molecule has 292 valence electrons. The summed E-state index contributed by atoms with van der Waals surface area (Å²) in [6.07, 6.45) is -5.30. The number of aliphatic carboxylic acids is 1. The number of nitrogens with one attached hydrogen (secondary N) is 2. The van der Waals surface area contributed by atoms with Gasteiger partial charge in [-0.25, -0.2) is 14.2 Å². The molecule has 53 heavy (non-hydrogen) atoms. The van der Waals surface area contributed by atoms with Crippen molar-refractivity contribution in [1.82, 2.24) is 24.1 Å². The number of nitrogens with zero attached hydrogens (tertiary/aromatic N) is 6. The predicted octanol–water partition coefficient (Wildman–Crippen LogP) is 4.13. The van der Waals surface area contributed by atoms with E-state index < -0.39 is 60.1 Å². The van der Waals surface area contributed by atoms with Crippen molar-refractivity contribution in [2.75, 3.05) is 30.0 Å². The van der Waals surface area contributed by atoms with Gasteiger partial charge in [-0.05, 0) is 70.8 Å². The molecule has 0 spiro atoms. The van der Waals surface area contributed by atoms with Gasteiger partial charge in [0.05, 0.1) is 28.4 Å². The Morgan fingerprint density at radius 2 is 1.72 bits per heavy atom. The number of hydrogen-bond donors (Lipinski definition) is 5. The molecule has 0 saturated carbocycles. The maximum atomic E-state index is 12.9. The lowest BCUT2D eigenvalue weighted by Gasteiger charge is -2.17. The van der Waals surface area contributed by atoms with E-state index in [2.05, 4.69) is 31.7 Å². The fraction of sp³-hybridized carbons (Fsp3) is 0.467. The number of ether oxygens (including phenoxy) is 1. The lowest BCUT2D eigenvalue weighted by molar-refractivity contribution is -0.144. The molecule has 0 aliphatic heterocycles. The lowest BCUT2D eigenvalue weighted by Crippen LogP contribution is -2.40. The molecule has 0 saturated heterocycles. The second-order valence-electron chi connectivity index (χ2n) is 11.8. The number of carbonyl (C=O) groups excluding carboxylic acids is 1. The van der Waals surface area contributed by atoms with E-state index in [-0.39, 0.29) is 40.1 Å². The van der Waals surface area contributed by atoms with Gasteiger partial charge in [-0.15, -0.1) is 0 Å². The summed E-state index contributed by atoms with van der Waals surface area (Å²) in [4.78, 5) is 67.2. The van der Waals surface area contributed by atoms with Crippen molar-refractivity contribution in [3.63, 3.8) is 0 Å². The third kappa shape index (κ3) is 15.5. The Labute approximate surface area is 311 Å². The number of carboxylic acids is 1. The van der Waals surface area contributed by atoms with Crippen molar-refractivity contribution in [1.29, 1.82) is 5.26 Å². The highest BCUT2D eigenvalue weighted by Crippen LogP contribution is 2.35. The number of benzene rings is 1. The summed E-state index contributed by atoms with van der Waals surface area (Å²) in [5.74, 6) is -1.26. The fourth-order valence-corrected chi connectivity index (χ4v) is 4.79. The van der Waals surface area contributed by atoms with Crippen LogP contribution in [-0.2, 0) is 27.3 Å². The number of halogens is 5. The van der Waals surface area contributed by atoms with E-state index in [0.29, 0.717) is 27.7 Å². The van der Waals surface area contributed by atoms with Crippen molar-refractivity contribution in [3.8, 4) is 11.8 Å². The number of carboxylic acid groups (broad SMARTS) is 1. The number of nitrogens with two attached hydrogens (primary N) is 1. The molecular weight excluding hydrogens is 773 g/mol. The summed E-state index contributed by atoms with van der Waals surface area (Å²) in [5.41, 5.74) is 0.331. The minimum Gasteiger partial charge on any atom is -0.480 e. The van der Waals surface area contributed by atoms with Crippen LogP contribution in [0.4, 0.5) is 25.1 Å². The Balaban J connectivity index is 0.000000443. The third-order valence-corrected chi connectivity index (χ3v) is 7.79. The topological polar surface area (TPSA) is 257 Å². The van der Waals surface area contributed by atoms with Crippen LogP contribution in [0.15, 0.2) is 33.9 Å². The zero-order valence-electron chi connectivity index (χ0n) is 29.5. The molecule has 2 aromatic heterocycles. The first kappa shape index (κ1) is 46.5. The minimum absolute atomic E-state index is 0.0104. The minimum atomic E-state index is -4.86. The Bertz CT molecular complexity index is 1980. The molecular formula is C30H39Cl2F3N9O8P. The smallest absolute Gasteiger partial charge is 0.431 e. The van der Waals surface area contributed by atoms with Crippen molar-refractivity contribution in [2.45, 2.75) is 64.9 Å². The van der Waals surface area contributed by atoms with Gasteiger partial charge in [0.1, 0.15) is 17.3 Å². The number of alkyl halides is 3. The molecule has 2 unspecified atom stereocenters. The first-order chi connectivity index (χ1) is 24.2. The SMILES string of the molecule is CC(C)OC(=O)c1cc(-n2c(=O)cc(C(F)(F)F)n(C)c2=O)ccc1Cl.CCNc1nc(Cl)nc(NC(C)(C)C#N)n1.CP(=O)(O)CCC(N)C(=O)O. The molecule has 0 fully saturated rings. The van der Waals surface area contributed by atoms with Crippen LogP contribution < -0.4 is 27.6 Å². The quantitative estimate of drug-likeness (QED) is 0.135. The number of anilines is 2. The summed E-state index contributed by atoms with van der Waals surface area (Å²) in [7, 11) is -2.21. The molecule has 0 bridgehead atoms. The fourth-order valence-electron chi connectivity index (χ4n) is 3.67. The number of nitriles is 1.